The first-order valence-corrected chi connectivity index (χ1v) is 15.4. The highest BCUT2D eigenvalue weighted by Crippen LogP contribution is 2.38. The number of amidine groups is 1. The Labute approximate surface area is 258 Å². The lowest BCUT2D eigenvalue weighted by Crippen LogP contribution is -2.41. The molecule has 2 atom stereocenters. The van der Waals surface area contributed by atoms with Crippen molar-refractivity contribution in [1.29, 1.82) is 0 Å². The summed E-state index contributed by atoms with van der Waals surface area (Å²) in [6.45, 7) is 4.89. The van der Waals surface area contributed by atoms with Crippen LogP contribution in [0, 0.1) is 11.8 Å². The zero-order valence-corrected chi connectivity index (χ0v) is 25.2. The van der Waals surface area contributed by atoms with Crippen molar-refractivity contribution in [1.82, 2.24) is 30.0 Å². The van der Waals surface area contributed by atoms with Crippen molar-refractivity contribution in [3.8, 4) is 11.3 Å². The molecular formula is C30H32Cl2N8O3. The lowest BCUT2D eigenvalue weighted by atomic mass is 9.83. The van der Waals surface area contributed by atoms with E-state index >= 15 is 0 Å². The number of fused-ring (bicyclic) bond motifs is 1. The van der Waals surface area contributed by atoms with Crippen LogP contribution >= 0.6 is 23.2 Å². The van der Waals surface area contributed by atoms with Crippen LogP contribution in [0.3, 0.4) is 0 Å². The van der Waals surface area contributed by atoms with Gasteiger partial charge in [0.1, 0.15) is 21.5 Å². The second kappa shape index (κ2) is 12.0. The van der Waals surface area contributed by atoms with Gasteiger partial charge in [0.2, 0.25) is 5.95 Å². The van der Waals surface area contributed by atoms with E-state index in [1.165, 1.54) is 12.8 Å². The molecule has 1 aliphatic carbocycles. The van der Waals surface area contributed by atoms with E-state index in [-0.39, 0.29) is 28.0 Å². The van der Waals surface area contributed by atoms with Gasteiger partial charge in [0.05, 0.1) is 19.3 Å². The van der Waals surface area contributed by atoms with Gasteiger partial charge in [0.25, 0.3) is 6.41 Å². The Kier molecular flexibility index (Phi) is 7.91. The Morgan fingerprint density at radius 3 is 2.49 bits per heavy atom. The van der Waals surface area contributed by atoms with Crippen LogP contribution < -0.4 is 10.4 Å². The minimum Gasteiger partial charge on any atom is -0.377 e. The van der Waals surface area contributed by atoms with Crippen molar-refractivity contribution in [2.45, 2.75) is 51.6 Å². The standard InChI is InChI=1S/C30H32Cl2N8O3/c1-17-7-9-18(10-8-17)15-40-25-24(20-13-22(31)33-23(32)14-20)34-27(28-37-30(41)43-38-28)35-26(25)36-29(40)39-11-12-42-16-21(39)19-5-3-2-4-6-19/h2-6,13-14,17-18,21,30,41H,7-12,15-16H2,1H3,(H,37,38)/t17?,18?,21-,30+/m0/s1. The van der Waals surface area contributed by atoms with Crippen molar-refractivity contribution < 1.29 is 14.7 Å². The summed E-state index contributed by atoms with van der Waals surface area (Å²) in [6.07, 6.45) is 3.33. The fourth-order valence-electron chi connectivity index (χ4n) is 6.26. The molecule has 2 fully saturated rings. The topological polar surface area (TPSA) is 123 Å². The monoisotopic (exact) mass is 622 g/mol. The molecule has 11 nitrogen and oxygen atoms in total. The summed E-state index contributed by atoms with van der Waals surface area (Å²) in [5, 5.41) is 10.4. The maximum absolute atomic E-state index is 9.88. The first kappa shape index (κ1) is 28.4. The second-order valence-corrected chi connectivity index (χ2v) is 12.2. The summed E-state index contributed by atoms with van der Waals surface area (Å²) < 4.78 is 8.25. The van der Waals surface area contributed by atoms with Gasteiger partial charge in [-0.25, -0.2) is 30.3 Å². The number of imidazole rings is 1. The van der Waals surface area contributed by atoms with Crippen LogP contribution in [0.5, 0.6) is 0 Å². The number of anilines is 1. The van der Waals surface area contributed by atoms with E-state index in [1.54, 1.807) is 12.1 Å². The quantitative estimate of drug-likeness (QED) is 0.281. The molecule has 0 spiro atoms. The Hall–Kier alpha value is -3.35. The number of aliphatic hydroxyl groups excluding tert-OH is 1. The molecule has 0 unspecified atom stereocenters. The molecular weight excluding hydrogens is 591 g/mol. The number of pyridine rings is 1. The zero-order chi connectivity index (χ0) is 29.5. The van der Waals surface area contributed by atoms with Crippen molar-refractivity contribution >= 4 is 46.1 Å². The van der Waals surface area contributed by atoms with E-state index in [9.17, 15) is 5.11 Å². The highest BCUT2D eigenvalue weighted by atomic mass is 35.5. The Morgan fingerprint density at radius 1 is 1.00 bits per heavy atom. The Bertz CT molecular complexity index is 1640. The molecule has 1 saturated carbocycles. The molecule has 224 valence electrons. The molecule has 1 saturated heterocycles. The van der Waals surface area contributed by atoms with E-state index in [4.69, 9.17) is 47.7 Å². The summed E-state index contributed by atoms with van der Waals surface area (Å²) in [6, 6.07) is 13.8. The number of hydrogen-bond acceptors (Lipinski definition) is 10. The Balaban J connectivity index is 1.45. The molecule has 7 rings (SSSR count). The third-order valence-electron chi connectivity index (χ3n) is 8.48. The first-order valence-electron chi connectivity index (χ1n) is 14.6. The van der Waals surface area contributed by atoms with Crippen LogP contribution in [0.25, 0.3) is 22.4 Å². The maximum atomic E-state index is 9.88. The predicted octanol–water partition coefficient (Wildman–Crippen LogP) is 5.16. The van der Waals surface area contributed by atoms with Gasteiger partial charge in [0, 0.05) is 18.7 Å². The van der Waals surface area contributed by atoms with E-state index in [0.717, 1.165) is 42.3 Å². The van der Waals surface area contributed by atoms with Crippen LogP contribution in [0.1, 0.15) is 50.0 Å². The maximum Gasteiger partial charge on any atom is 0.280 e. The highest BCUT2D eigenvalue weighted by Gasteiger charge is 2.33. The van der Waals surface area contributed by atoms with Gasteiger partial charge in [-0.2, -0.15) is 4.98 Å². The number of rotatable bonds is 6. The average molecular weight is 624 g/mol. The van der Waals surface area contributed by atoms with Crippen LogP contribution in [0.2, 0.25) is 10.3 Å². The minimum atomic E-state index is -1.36. The van der Waals surface area contributed by atoms with Gasteiger partial charge in [-0.3, -0.25) is 0 Å². The summed E-state index contributed by atoms with van der Waals surface area (Å²) in [7, 11) is 0. The average Bonchev–Trinajstić information content (AvgIpc) is 3.61. The first-order chi connectivity index (χ1) is 20.9. The van der Waals surface area contributed by atoms with E-state index < -0.39 is 6.41 Å². The van der Waals surface area contributed by atoms with Crippen LogP contribution in [-0.2, 0) is 16.1 Å². The number of nitrogens with one attached hydrogen (secondary N) is 1. The van der Waals surface area contributed by atoms with E-state index in [0.29, 0.717) is 42.6 Å². The highest BCUT2D eigenvalue weighted by molar-refractivity contribution is 6.33. The summed E-state index contributed by atoms with van der Waals surface area (Å²) in [5.74, 6) is 2.45. The molecule has 4 aromatic rings. The van der Waals surface area contributed by atoms with Crippen molar-refractivity contribution in [2.75, 3.05) is 24.7 Å². The lowest BCUT2D eigenvalue weighted by molar-refractivity contribution is -0.102. The molecule has 0 bridgehead atoms. The number of benzene rings is 1. The number of hydrogen-bond donors (Lipinski definition) is 2. The zero-order valence-electron chi connectivity index (χ0n) is 23.7. The van der Waals surface area contributed by atoms with Crippen molar-refractivity contribution in [2.24, 2.45) is 16.8 Å². The van der Waals surface area contributed by atoms with Crippen LogP contribution in [-0.4, -0.2) is 61.6 Å². The predicted molar refractivity (Wildman–Crippen MR) is 164 cm³/mol. The third-order valence-corrected chi connectivity index (χ3v) is 8.86. The smallest absolute Gasteiger partial charge is 0.280 e. The summed E-state index contributed by atoms with van der Waals surface area (Å²) in [4.78, 5) is 30.5. The molecule has 3 aromatic heterocycles. The van der Waals surface area contributed by atoms with Gasteiger partial charge in [-0.1, -0.05) is 73.3 Å². The molecule has 13 heteroatoms. The van der Waals surface area contributed by atoms with Crippen LogP contribution in [0.15, 0.2) is 47.5 Å². The van der Waals surface area contributed by atoms with E-state index in [2.05, 4.69) is 44.0 Å². The largest absolute Gasteiger partial charge is 0.377 e. The number of nitrogens with zero attached hydrogens (tertiary/aromatic N) is 7. The lowest BCUT2D eigenvalue weighted by Gasteiger charge is -2.37. The molecule has 2 N–H and O–H groups in total. The second-order valence-electron chi connectivity index (χ2n) is 11.4. The summed E-state index contributed by atoms with van der Waals surface area (Å²) in [5.41, 5.74) is 6.30. The van der Waals surface area contributed by atoms with Gasteiger partial charge in [-0.05, 0) is 42.4 Å². The number of ether oxygens (including phenoxy) is 1. The van der Waals surface area contributed by atoms with E-state index in [1.807, 2.05) is 18.2 Å². The normalized spacial score (nSPS) is 24.3. The van der Waals surface area contributed by atoms with Gasteiger partial charge >= 0.3 is 0 Å². The number of morpholine rings is 1. The number of hydroxylamine groups is 1. The van der Waals surface area contributed by atoms with Crippen molar-refractivity contribution in [3.63, 3.8) is 0 Å². The molecule has 0 radical (unpaired) electrons. The summed E-state index contributed by atoms with van der Waals surface area (Å²) >= 11 is 12.8. The molecule has 43 heavy (non-hydrogen) atoms. The number of aliphatic hydroxyl groups is 1. The fraction of sp³-hybridized carbons (Fsp3) is 0.433. The number of aliphatic imine (C=N–C) groups is 1. The van der Waals surface area contributed by atoms with Crippen LogP contribution in [0.4, 0.5) is 5.95 Å². The van der Waals surface area contributed by atoms with Gasteiger partial charge in [-0.15, -0.1) is 0 Å². The Morgan fingerprint density at radius 2 is 1.77 bits per heavy atom. The number of halogens is 2. The number of aromatic nitrogens is 5. The molecule has 5 heterocycles. The minimum absolute atomic E-state index is 0.0259. The molecule has 0 amide bonds. The fourth-order valence-corrected chi connectivity index (χ4v) is 6.73. The van der Waals surface area contributed by atoms with Gasteiger partial charge < -0.3 is 19.3 Å². The SMILES string of the molecule is CC1CCC(Cn2c(N3CCOC[C@H]3c3ccccc3)nc3nc(C4=N[C@H](O)ON4)nc(-c4cc(Cl)nc(Cl)c4)c32)CC1. The molecule has 2 aliphatic heterocycles. The van der Waals surface area contributed by atoms with Gasteiger partial charge in [0.15, 0.2) is 17.3 Å². The third kappa shape index (κ3) is 5.80. The van der Waals surface area contributed by atoms with Crippen molar-refractivity contribution in [3.05, 3.63) is 64.2 Å². The molecule has 1 aromatic carbocycles. The molecule has 3 aliphatic rings.